The van der Waals surface area contributed by atoms with Crippen molar-refractivity contribution < 1.29 is 4.92 Å². The molecule has 0 aliphatic rings. The zero-order valence-corrected chi connectivity index (χ0v) is 28.9. The molecule has 8 heteroatoms. The summed E-state index contributed by atoms with van der Waals surface area (Å²) < 4.78 is 4.81. The van der Waals surface area contributed by atoms with Crippen LogP contribution in [0.15, 0.2) is 164 Å². The van der Waals surface area contributed by atoms with Gasteiger partial charge in [-0.15, -0.1) is 11.3 Å². The van der Waals surface area contributed by atoms with Gasteiger partial charge in [0.25, 0.3) is 5.69 Å². The smallest absolute Gasteiger partial charge is 0.269 e. The molecule has 3 heterocycles. The highest BCUT2D eigenvalue weighted by molar-refractivity contribution is 7.25. The van der Waals surface area contributed by atoms with E-state index in [0.717, 1.165) is 55.3 Å². The van der Waals surface area contributed by atoms with Gasteiger partial charge in [0.15, 0.2) is 17.5 Å². The summed E-state index contributed by atoms with van der Waals surface area (Å²) in [5, 5.41) is 16.4. The average Bonchev–Trinajstić information content (AvgIpc) is 3.75. The third kappa shape index (κ3) is 5.23. The first-order chi connectivity index (χ1) is 26.1. The molecule has 0 amide bonds. The number of nitro groups is 1. The average molecular weight is 702 g/mol. The largest absolute Gasteiger partial charge is 0.309 e. The Labute approximate surface area is 307 Å². The Bertz CT molecular complexity index is 2970. The highest BCUT2D eigenvalue weighted by atomic mass is 32.1. The summed E-state index contributed by atoms with van der Waals surface area (Å²) in [5.41, 5.74) is 7.41. The maximum absolute atomic E-state index is 11.7. The molecule has 0 fully saturated rings. The molecule has 0 aliphatic heterocycles. The van der Waals surface area contributed by atoms with Crippen LogP contribution in [0.3, 0.4) is 0 Å². The van der Waals surface area contributed by atoms with Crippen LogP contribution in [0, 0.1) is 10.1 Å². The summed E-state index contributed by atoms with van der Waals surface area (Å²) in [7, 11) is 0. The number of hydrogen-bond acceptors (Lipinski definition) is 6. The molecule has 0 saturated carbocycles. The minimum absolute atomic E-state index is 0.0347. The number of hydrogen-bond donors (Lipinski definition) is 0. The zero-order chi connectivity index (χ0) is 35.5. The number of benzene rings is 7. The lowest BCUT2D eigenvalue weighted by molar-refractivity contribution is -0.384. The topological polar surface area (TPSA) is 86.7 Å². The first-order valence-electron chi connectivity index (χ1n) is 17.2. The molecule has 10 aromatic rings. The number of fused-ring (bicyclic) bond motifs is 6. The molecule has 250 valence electrons. The van der Waals surface area contributed by atoms with Gasteiger partial charge in [-0.3, -0.25) is 10.1 Å². The van der Waals surface area contributed by atoms with Gasteiger partial charge in [-0.25, -0.2) is 15.0 Å². The minimum Gasteiger partial charge on any atom is -0.309 e. The van der Waals surface area contributed by atoms with Crippen LogP contribution in [0.4, 0.5) is 5.69 Å². The summed E-state index contributed by atoms with van der Waals surface area (Å²) in [6.07, 6.45) is 0. The van der Waals surface area contributed by atoms with Crippen molar-refractivity contribution in [2.24, 2.45) is 0 Å². The number of nitrogens with zero attached hydrogens (tertiary/aromatic N) is 5. The van der Waals surface area contributed by atoms with E-state index >= 15 is 0 Å². The van der Waals surface area contributed by atoms with Gasteiger partial charge in [0.05, 0.1) is 21.6 Å². The second-order valence-corrected chi connectivity index (χ2v) is 14.0. The van der Waals surface area contributed by atoms with E-state index in [1.165, 1.54) is 20.2 Å². The predicted octanol–water partition coefficient (Wildman–Crippen LogP) is 11.9. The zero-order valence-electron chi connectivity index (χ0n) is 28.0. The third-order valence-electron chi connectivity index (χ3n) is 9.76. The van der Waals surface area contributed by atoms with Gasteiger partial charge in [0.1, 0.15) is 0 Å². The van der Waals surface area contributed by atoms with Crippen molar-refractivity contribution in [3.05, 3.63) is 174 Å². The Hall–Kier alpha value is -7.03. The lowest BCUT2D eigenvalue weighted by atomic mass is 9.99. The van der Waals surface area contributed by atoms with Gasteiger partial charge in [0.2, 0.25) is 0 Å². The van der Waals surface area contributed by atoms with E-state index in [9.17, 15) is 10.1 Å². The Morgan fingerprint density at radius 1 is 0.472 bits per heavy atom. The second kappa shape index (κ2) is 12.3. The normalized spacial score (nSPS) is 11.5. The number of nitro benzene ring substituents is 1. The molecule has 0 saturated heterocycles. The first-order valence-corrected chi connectivity index (χ1v) is 18.0. The molecule has 0 aliphatic carbocycles. The minimum atomic E-state index is -0.370. The monoisotopic (exact) mass is 701 g/mol. The Balaban J connectivity index is 1.25. The van der Waals surface area contributed by atoms with Crippen LogP contribution in [0.1, 0.15) is 0 Å². The number of rotatable bonds is 6. The van der Waals surface area contributed by atoms with Crippen LogP contribution < -0.4 is 0 Å². The maximum atomic E-state index is 11.7. The van der Waals surface area contributed by atoms with Crippen molar-refractivity contribution in [3.63, 3.8) is 0 Å². The Morgan fingerprint density at radius 3 is 1.74 bits per heavy atom. The summed E-state index contributed by atoms with van der Waals surface area (Å²) in [6, 6.07) is 54.5. The Morgan fingerprint density at radius 2 is 1.06 bits per heavy atom. The van der Waals surface area contributed by atoms with Crippen LogP contribution in [-0.2, 0) is 0 Å². The molecule has 7 aromatic carbocycles. The lowest BCUT2D eigenvalue weighted by Crippen LogP contribution is -2.02. The molecule has 0 bridgehead atoms. The van der Waals surface area contributed by atoms with E-state index in [-0.39, 0.29) is 10.6 Å². The third-order valence-corrected chi connectivity index (χ3v) is 10.9. The van der Waals surface area contributed by atoms with Crippen LogP contribution in [0.2, 0.25) is 0 Å². The standard InChI is InChI=1S/C45H27N5O2S/c51-50(52)32-22-19-28(20-23-32)35-25-31(45-47-43(29-11-3-1-4-12-29)46-44(48-45)30-13-5-2-6-14-30)21-24-39(35)49-38-17-9-7-15-33(38)36-27-42-37(26-40(36)49)34-16-8-10-18-41(34)53-42/h1-27H. The van der Waals surface area contributed by atoms with Crippen LogP contribution in [0.25, 0.3) is 93.0 Å². The van der Waals surface area contributed by atoms with Gasteiger partial charge in [-0.2, -0.15) is 0 Å². The fourth-order valence-corrected chi connectivity index (χ4v) is 8.38. The molecular weight excluding hydrogens is 675 g/mol. The molecule has 53 heavy (non-hydrogen) atoms. The molecule has 0 radical (unpaired) electrons. The molecule has 10 rings (SSSR count). The van der Waals surface area contributed by atoms with Gasteiger partial charge < -0.3 is 4.57 Å². The van der Waals surface area contributed by atoms with Crippen molar-refractivity contribution in [1.82, 2.24) is 19.5 Å². The first kappa shape index (κ1) is 30.8. The van der Waals surface area contributed by atoms with E-state index in [4.69, 9.17) is 15.0 Å². The number of para-hydroxylation sites is 1. The summed E-state index contributed by atoms with van der Waals surface area (Å²) in [5.74, 6) is 1.68. The van der Waals surface area contributed by atoms with Gasteiger partial charge in [0, 0.05) is 65.3 Å². The van der Waals surface area contributed by atoms with Gasteiger partial charge in [-0.1, -0.05) is 97.1 Å². The number of aromatic nitrogens is 4. The second-order valence-electron chi connectivity index (χ2n) is 12.9. The van der Waals surface area contributed by atoms with E-state index < -0.39 is 0 Å². The highest BCUT2D eigenvalue weighted by Crippen LogP contribution is 2.43. The number of thiophene rings is 1. The van der Waals surface area contributed by atoms with E-state index in [1.54, 1.807) is 12.1 Å². The molecule has 0 atom stereocenters. The highest BCUT2D eigenvalue weighted by Gasteiger charge is 2.20. The van der Waals surface area contributed by atoms with E-state index in [1.807, 2.05) is 84.1 Å². The Kier molecular flexibility index (Phi) is 7.16. The summed E-state index contributed by atoms with van der Waals surface area (Å²) in [4.78, 5) is 26.2. The van der Waals surface area contributed by atoms with Crippen molar-refractivity contribution in [2.75, 3.05) is 0 Å². The quantitative estimate of drug-likeness (QED) is 0.127. The summed E-state index contributed by atoms with van der Waals surface area (Å²) >= 11 is 1.81. The molecule has 7 nitrogen and oxygen atoms in total. The van der Waals surface area contributed by atoms with Crippen molar-refractivity contribution in [3.8, 4) is 51.0 Å². The van der Waals surface area contributed by atoms with Crippen LogP contribution in [-0.4, -0.2) is 24.4 Å². The van der Waals surface area contributed by atoms with E-state index in [0.29, 0.717) is 17.5 Å². The molecular formula is C45H27N5O2S. The van der Waals surface area contributed by atoms with Crippen molar-refractivity contribution in [2.45, 2.75) is 0 Å². The van der Waals surface area contributed by atoms with Crippen molar-refractivity contribution in [1.29, 1.82) is 0 Å². The fraction of sp³-hybridized carbons (Fsp3) is 0. The molecule has 0 unspecified atom stereocenters. The van der Waals surface area contributed by atoms with Crippen LogP contribution >= 0.6 is 11.3 Å². The fourth-order valence-electron chi connectivity index (χ4n) is 7.25. The molecule has 0 spiro atoms. The SMILES string of the molecule is O=[N+]([O-])c1ccc(-c2cc(-c3nc(-c4ccccc4)nc(-c4ccccc4)n3)ccc2-n2c3ccccc3c3cc4sc5ccccc5c4cc32)cc1. The van der Waals surface area contributed by atoms with Gasteiger partial charge >= 0.3 is 0 Å². The molecule has 0 N–H and O–H groups in total. The predicted molar refractivity (Wildman–Crippen MR) is 215 cm³/mol. The number of non-ortho nitro benzene ring substituents is 1. The van der Waals surface area contributed by atoms with E-state index in [2.05, 4.69) is 83.4 Å². The molecule has 3 aromatic heterocycles. The maximum Gasteiger partial charge on any atom is 0.269 e. The summed E-state index contributed by atoms with van der Waals surface area (Å²) in [6.45, 7) is 0. The van der Waals surface area contributed by atoms with Crippen molar-refractivity contribution >= 4 is 59.0 Å². The van der Waals surface area contributed by atoms with Gasteiger partial charge in [-0.05, 0) is 60.2 Å². The lowest BCUT2D eigenvalue weighted by Gasteiger charge is -2.16. The van der Waals surface area contributed by atoms with Crippen LogP contribution in [0.5, 0.6) is 0 Å².